The molecule has 2 nitrogen and oxygen atoms in total. The molecule has 2 atom stereocenters. The van der Waals surface area contributed by atoms with E-state index in [1.807, 2.05) is 0 Å². The van der Waals surface area contributed by atoms with Crippen LogP contribution < -0.4 is 0 Å². The van der Waals surface area contributed by atoms with Gasteiger partial charge in [-0.2, -0.15) is 0 Å². The summed E-state index contributed by atoms with van der Waals surface area (Å²) < 4.78 is 0. The number of amides is 1. The Labute approximate surface area is 145 Å². The molecular formula is C21H41NO. The highest BCUT2D eigenvalue weighted by Gasteiger charge is 2.28. The zero-order valence-electron chi connectivity index (χ0n) is 16.1. The highest BCUT2D eigenvalue weighted by Crippen LogP contribution is 2.24. The van der Waals surface area contributed by atoms with Crippen LogP contribution in [0.2, 0.25) is 0 Å². The van der Waals surface area contributed by atoms with E-state index < -0.39 is 0 Å². The third-order valence-corrected chi connectivity index (χ3v) is 5.48. The first-order valence-corrected chi connectivity index (χ1v) is 10.5. The van der Waals surface area contributed by atoms with Gasteiger partial charge in [-0.1, -0.05) is 71.1 Å². The van der Waals surface area contributed by atoms with E-state index in [0.29, 0.717) is 18.0 Å². The number of carbonyl (C=O) groups excluding carboxylic acids is 1. The van der Waals surface area contributed by atoms with Crippen molar-refractivity contribution in [1.82, 2.24) is 4.90 Å². The van der Waals surface area contributed by atoms with Crippen LogP contribution in [0.25, 0.3) is 0 Å². The number of piperidine rings is 1. The fourth-order valence-electron chi connectivity index (χ4n) is 3.98. The molecule has 23 heavy (non-hydrogen) atoms. The molecule has 1 heterocycles. The second-order valence-corrected chi connectivity index (χ2v) is 7.72. The largest absolute Gasteiger partial charge is 0.337 e. The Morgan fingerprint density at radius 2 is 1.22 bits per heavy atom. The molecule has 2 unspecified atom stereocenters. The molecule has 136 valence electrons. The maximum Gasteiger partial charge on any atom is 0.223 e. The predicted octanol–water partition coefficient (Wildman–Crippen LogP) is 6.48. The number of nitrogens with zero attached hydrogens (tertiary/aromatic N) is 1. The van der Waals surface area contributed by atoms with Gasteiger partial charge in [-0.25, -0.2) is 0 Å². The SMILES string of the molecule is CCCCCCCCCCCCCC(=O)N1C(C)CCCC1C. The minimum absolute atomic E-state index is 0.403. The van der Waals surface area contributed by atoms with Gasteiger partial charge in [0.15, 0.2) is 0 Å². The van der Waals surface area contributed by atoms with Gasteiger partial charge in [-0.3, -0.25) is 4.79 Å². The molecule has 0 spiro atoms. The first kappa shape index (κ1) is 20.5. The van der Waals surface area contributed by atoms with E-state index >= 15 is 0 Å². The van der Waals surface area contributed by atoms with Gasteiger partial charge >= 0.3 is 0 Å². The van der Waals surface area contributed by atoms with Crippen molar-refractivity contribution in [2.45, 2.75) is 129 Å². The molecule has 1 rings (SSSR count). The van der Waals surface area contributed by atoms with Gasteiger partial charge in [0.05, 0.1) is 0 Å². The van der Waals surface area contributed by atoms with Gasteiger partial charge in [0.2, 0.25) is 5.91 Å². The molecule has 0 aromatic carbocycles. The van der Waals surface area contributed by atoms with Gasteiger partial charge in [-0.05, 0) is 39.5 Å². The molecule has 2 heteroatoms. The van der Waals surface area contributed by atoms with Crippen LogP contribution in [0.4, 0.5) is 0 Å². The second-order valence-electron chi connectivity index (χ2n) is 7.72. The molecule has 0 aliphatic carbocycles. The molecule has 1 saturated heterocycles. The standard InChI is InChI=1S/C21H41NO/c1-4-5-6-7-8-9-10-11-12-13-14-18-21(23)22-19(2)16-15-17-20(22)3/h19-20H,4-18H2,1-3H3. The summed E-state index contributed by atoms with van der Waals surface area (Å²) in [6.45, 7) is 6.71. The molecule has 0 bridgehead atoms. The Kier molecular flexibility index (Phi) is 11.5. The fraction of sp³-hybridized carbons (Fsp3) is 0.952. The quantitative estimate of drug-likeness (QED) is 0.376. The average Bonchev–Trinajstić information content (AvgIpc) is 2.52. The molecule has 0 N–H and O–H groups in total. The van der Waals surface area contributed by atoms with Crippen LogP contribution in [0, 0.1) is 0 Å². The lowest BCUT2D eigenvalue weighted by atomic mass is 9.96. The van der Waals surface area contributed by atoms with E-state index in [1.54, 1.807) is 0 Å². The number of hydrogen-bond acceptors (Lipinski definition) is 1. The van der Waals surface area contributed by atoms with Gasteiger partial charge in [0.25, 0.3) is 0 Å². The molecule has 1 fully saturated rings. The average molecular weight is 324 g/mol. The Bertz CT molecular complexity index is 292. The highest BCUT2D eigenvalue weighted by atomic mass is 16.2. The molecule has 0 aromatic heterocycles. The van der Waals surface area contributed by atoms with Crippen molar-refractivity contribution in [2.75, 3.05) is 0 Å². The molecule has 0 radical (unpaired) electrons. The maximum atomic E-state index is 12.4. The Balaban J connectivity index is 1.95. The first-order chi connectivity index (χ1) is 11.2. The Hall–Kier alpha value is -0.530. The zero-order chi connectivity index (χ0) is 16.9. The van der Waals surface area contributed by atoms with Crippen molar-refractivity contribution in [3.63, 3.8) is 0 Å². The van der Waals surface area contributed by atoms with E-state index in [0.717, 1.165) is 12.8 Å². The van der Waals surface area contributed by atoms with E-state index in [1.165, 1.54) is 83.5 Å². The summed E-state index contributed by atoms with van der Waals surface area (Å²) in [5, 5.41) is 0. The zero-order valence-corrected chi connectivity index (χ0v) is 16.1. The maximum absolute atomic E-state index is 12.4. The van der Waals surface area contributed by atoms with Gasteiger partial charge in [-0.15, -0.1) is 0 Å². The lowest BCUT2D eigenvalue weighted by molar-refractivity contribution is -0.137. The summed E-state index contributed by atoms with van der Waals surface area (Å²) in [7, 11) is 0. The monoisotopic (exact) mass is 323 g/mol. The summed E-state index contributed by atoms with van der Waals surface area (Å²) in [5.74, 6) is 0.403. The van der Waals surface area contributed by atoms with Crippen LogP contribution in [0.5, 0.6) is 0 Å². The molecule has 0 saturated carbocycles. The van der Waals surface area contributed by atoms with Crippen molar-refractivity contribution in [3.05, 3.63) is 0 Å². The summed E-state index contributed by atoms with van der Waals surface area (Å²) in [6, 6.07) is 0.915. The third-order valence-electron chi connectivity index (χ3n) is 5.48. The molecule has 1 aliphatic heterocycles. The highest BCUT2D eigenvalue weighted by molar-refractivity contribution is 5.76. The summed E-state index contributed by atoms with van der Waals surface area (Å²) >= 11 is 0. The van der Waals surface area contributed by atoms with E-state index in [9.17, 15) is 4.79 Å². The van der Waals surface area contributed by atoms with Crippen molar-refractivity contribution >= 4 is 5.91 Å². The molecule has 1 amide bonds. The van der Waals surface area contributed by atoms with Crippen LogP contribution in [0.1, 0.15) is 117 Å². The lowest BCUT2D eigenvalue weighted by Crippen LogP contribution is -2.47. The minimum atomic E-state index is 0.403. The second kappa shape index (κ2) is 12.8. The van der Waals surface area contributed by atoms with Gasteiger partial charge in [0.1, 0.15) is 0 Å². The number of likely N-dealkylation sites (tertiary alicyclic amines) is 1. The minimum Gasteiger partial charge on any atom is -0.337 e. The van der Waals surface area contributed by atoms with E-state index in [4.69, 9.17) is 0 Å². The number of hydrogen-bond donors (Lipinski definition) is 0. The smallest absolute Gasteiger partial charge is 0.223 e. The number of unbranched alkanes of at least 4 members (excludes halogenated alkanes) is 10. The molecular weight excluding hydrogens is 282 g/mol. The third kappa shape index (κ3) is 8.77. The lowest BCUT2D eigenvalue weighted by Gasteiger charge is -2.39. The van der Waals surface area contributed by atoms with Crippen LogP contribution in [0.15, 0.2) is 0 Å². The Morgan fingerprint density at radius 1 is 0.783 bits per heavy atom. The summed E-state index contributed by atoms with van der Waals surface area (Å²) in [4.78, 5) is 14.6. The van der Waals surface area contributed by atoms with Crippen LogP contribution in [-0.2, 0) is 4.79 Å². The van der Waals surface area contributed by atoms with Crippen molar-refractivity contribution in [1.29, 1.82) is 0 Å². The number of carbonyl (C=O) groups is 1. The van der Waals surface area contributed by atoms with Gasteiger partial charge < -0.3 is 4.90 Å². The first-order valence-electron chi connectivity index (χ1n) is 10.5. The van der Waals surface area contributed by atoms with E-state index in [2.05, 4.69) is 25.7 Å². The van der Waals surface area contributed by atoms with Crippen molar-refractivity contribution < 1.29 is 4.79 Å². The Morgan fingerprint density at radius 3 is 1.70 bits per heavy atom. The molecule has 1 aliphatic rings. The van der Waals surface area contributed by atoms with Gasteiger partial charge in [0, 0.05) is 18.5 Å². The topological polar surface area (TPSA) is 20.3 Å². The van der Waals surface area contributed by atoms with Crippen LogP contribution in [0.3, 0.4) is 0 Å². The van der Waals surface area contributed by atoms with Crippen molar-refractivity contribution in [2.24, 2.45) is 0 Å². The predicted molar refractivity (Wildman–Crippen MR) is 101 cm³/mol. The number of rotatable bonds is 12. The normalized spacial score (nSPS) is 21.6. The fourth-order valence-corrected chi connectivity index (χ4v) is 3.98. The van der Waals surface area contributed by atoms with E-state index in [-0.39, 0.29) is 0 Å². The van der Waals surface area contributed by atoms with Crippen LogP contribution >= 0.6 is 0 Å². The molecule has 0 aromatic rings. The summed E-state index contributed by atoms with van der Waals surface area (Å²) in [6.07, 6.45) is 19.2. The van der Waals surface area contributed by atoms with Crippen LogP contribution in [-0.4, -0.2) is 22.9 Å². The summed E-state index contributed by atoms with van der Waals surface area (Å²) in [5.41, 5.74) is 0. The van der Waals surface area contributed by atoms with Crippen molar-refractivity contribution in [3.8, 4) is 0 Å².